The fourth-order valence-electron chi connectivity index (χ4n) is 6.36. The topological polar surface area (TPSA) is 122 Å². The molecule has 4 aromatic rings. The van der Waals surface area contributed by atoms with Gasteiger partial charge < -0.3 is 34.7 Å². The van der Waals surface area contributed by atoms with Crippen LogP contribution in [-0.2, 0) is 16.1 Å². The van der Waals surface area contributed by atoms with Crippen molar-refractivity contribution in [3.05, 3.63) is 88.1 Å². The van der Waals surface area contributed by atoms with Crippen LogP contribution >= 0.6 is 0 Å². The van der Waals surface area contributed by atoms with E-state index < -0.39 is 6.04 Å². The lowest BCUT2D eigenvalue weighted by Gasteiger charge is -2.38. The first-order valence-corrected chi connectivity index (χ1v) is 15.7. The Hall–Kier alpha value is -4.83. The summed E-state index contributed by atoms with van der Waals surface area (Å²) in [5.74, 6) is 1.02. The summed E-state index contributed by atoms with van der Waals surface area (Å²) in [6.45, 7) is 7.50. The number of hydrogen-bond donors (Lipinski definition) is 3. The third-order valence-corrected chi connectivity index (χ3v) is 8.75. The van der Waals surface area contributed by atoms with E-state index in [-0.39, 0.29) is 30.2 Å². The van der Waals surface area contributed by atoms with Crippen molar-refractivity contribution in [3.63, 3.8) is 0 Å². The summed E-state index contributed by atoms with van der Waals surface area (Å²) in [5.41, 5.74) is 6.00. The number of methoxy groups -OCH3 is 1. The van der Waals surface area contributed by atoms with Crippen molar-refractivity contribution >= 4 is 28.6 Å². The van der Waals surface area contributed by atoms with Gasteiger partial charge in [0.05, 0.1) is 25.9 Å². The average Bonchev–Trinajstić information content (AvgIpc) is 3.37. The van der Waals surface area contributed by atoms with Crippen molar-refractivity contribution in [2.24, 2.45) is 0 Å². The predicted octanol–water partition coefficient (Wildman–Crippen LogP) is 5.33. The summed E-state index contributed by atoms with van der Waals surface area (Å²) in [4.78, 5) is 45.1. The maximum Gasteiger partial charge on any atom is 0.270 e. The number of aromatic amines is 1. The number of amides is 3. The van der Waals surface area contributed by atoms with Gasteiger partial charge in [0.15, 0.2) is 0 Å². The van der Waals surface area contributed by atoms with E-state index in [4.69, 9.17) is 14.2 Å². The molecule has 0 unspecified atom stereocenters. The van der Waals surface area contributed by atoms with E-state index >= 15 is 0 Å². The van der Waals surface area contributed by atoms with Gasteiger partial charge in [-0.2, -0.15) is 0 Å². The molecule has 0 spiro atoms. The number of rotatable bonds is 2. The van der Waals surface area contributed by atoms with E-state index in [1.165, 1.54) is 7.11 Å². The van der Waals surface area contributed by atoms with Crippen molar-refractivity contribution in [2.45, 2.75) is 58.8 Å². The number of ether oxygens (including phenoxy) is 3. The minimum atomic E-state index is -0.404. The molecule has 10 heteroatoms. The highest BCUT2D eigenvalue weighted by Crippen LogP contribution is 2.30. The first-order chi connectivity index (χ1) is 22.2. The molecule has 2 aliphatic rings. The van der Waals surface area contributed by atoms with Gasteiger partial charge in [0, 0.05) is 48.6 Å². The molecule has 0 aliphatic carbocycles. The van der Waals surface area contributed by atoms with Crippen LogP contribution in [0.15, 0.2) is 54.6 Å². The largest absolute Gasteiger partial charge is 0.497 e. The molecule has 0 radical (unpaired) electrons. The molecule has 3 aromatic carbocycles. The Kier molecular flexibility index (Phi) is 8.99. The molecule has 240 valence electrons. The van der Waals surface area contributed by atoms with Gasteiger partial charge in [-0.15, -0.1) is 0 Å². The van der Waals surface area contributed by atoms with Gasteiger partial charge in [-0.25, -0.2) is 0 Å². The Morgan fingerprint density at radius 2 is 1.87 bits per heavy atom. The first-order valence-electron chi connectivity index (χ1n) is 15.7. The smallest absolute Gasteiger partial charge is 0.270 e. The van der Waals surface area contributed by atoms with Crippen LogP contribution in [0.5, 0.6) is 17.2 Å². The second-order valence-electron chi connectivity index (χ2n) is 12.2. The molecule has 1 fully saturated rings. The van der Waals surface area contributed by atoms with Crippen molar-refractivity contribution in [2.75, 3.05) is 26.7 Å². The number of likely N-dealkylation sites (tertiary alicyclic amines) is 1. The zero-order valence-corrected chi connectivity index (χ0v) is 26.7. The van der Waals surface area contributed by atoms with Gasteiger partial charge >= 0.3 is 0 Å². The third-order valence-electron chi connectivity index (χ3n) is 8.75. The molecule has 1 saturated heterocycles. The van der Waals surface area contributed by atoms with Crippen molar-refractivity contribution < 1.29 is 28.6 Å². The Bertz CT molecular complexity index is 1800. The van der Waals surface area contributed by atoms with Crippen LogP contribution < -0.4 is 20.1 Å². The molecule has 3 heterocycles. The van der Waals surface area contributed by atoms with E-state index in [9.17, 15) is 14.4 Å². The number of nitrogens with zero attached hydrogens (tertiary/aromatic N) is 1. The molecule has 0 saturated carbocycles. The molecule has 2 aliphatic heterocycles. The molecule has 3 amide bonds. The lowest BCUT2D eigenvalue weighted by atomic mass is 10.00. The number of H-pyrrole nitrogens is 1. The second-order valence-corrected chi connectivity index (χ2v) is 12.2. The van der Waals surface area contributed by atoms with Gasteiger partial charge in [-0.3, -0.25) is 14.4 Å². The maximum absolute atomic E-state index is 13.9. The summed E-state index contributed by atoms with van der Waals surface area (Å²) >= 11 is 0. The van der Waals surface area contributed by atoms with Crippen molar-refractivity contribution in [1.82, 2.24) is 20.5 Å². The number of aromatic nitrogens is 1. The highest BCUT2D eigenvalue weighted by atomic mass is 16.5. The zero-order chi connectivity index (χ0) is 32.4. The SMILES string of the molecule is COc1cc2cc(c1)C(=O)NCCCC(=O)N[C@H]1CN(C(=O)c3[nH]c4c(C)cc(C)cc4c3C)CC[C@@H]1OCc1cccc(c1)O2. The number of nitrogens with one attached hydrogen (secondary N) is 3. The Morgan fingerprint density at radius 1 is 1.02 bits per heavy atom. The van der Waals surface area contributed by atoms with Crippen molar-refractivity contribution in [3.8, 4) is 17.2 Å². The van der Waals surface area contributed by atoms with Crippen LogP contribution in [0.1, 0.15) is 62.4 Å². The fraction of sp³-hybridized carbons (Fsp3) is 0.361. The van der Waals surface area contributed by atoms with Crippen LogP contribution in [0, 0.1) is 20.8 Å². The number of benzene rings is 3. The summed E-state index contributed by atoms with van der Waals surface area (Å²) < 4.78 is 17.9. The van der Waals surface area contributed by atoms with Crippen LogP contribution in [0.3, 0.4) is 0 Å². The lowest BCUT2D eigenvalue weighted by Crippen LogP contribution is -2.57. The van der Waals surface area contributed by atoms with Gasteiger partial charge in [0.2, 0.25) is 5.91 Å². The maximum atomic E-state index is 13.9. The highest BCUT2D eigenvalue weighted by molar-refractivity contribution is 6.02. The molecule has 46 heavy (non-hydrogen) atoms. The molecule has 6 rings (SSSR count). The van der Waals surface area contributed by atoms with E-state index in [2.05, 4.69) is 34.7 Å². The quantitative estimate of drug-likeness (QED) is 0.277. The molecule has 4 bridgehead atoms. The van der Waals surface area contributed by atoms with Crippen LogP contribution in [-0.4, -0.2) is 66.5 Å². The molecule has 1 aromatic heterocycles. The third kappa shape index (κ3) is 6.72. The second kappa shape index (κ2) is 13.3. The first kappa shape index (κ1) is 31.2. The number of carbonyl (C=O) groups is 3. The van der Waals surface area contributed by atoms with E-state index in [0.29, 0.717) is 67.6 Å². The van der Waals surface area contributed by atoms with E-state index in [1.807, 2.05) is 38.1 Å². The normalized spacial score (nSPS) is 19.3. The van der Waals surface area contributed by atoms with Crippen molar-refractivity contribution in [1.29, 1.82) is 0 Å². The van der Waals surface area contributed by atoms with E-state index in [0.717, 1.165) is 33.2 Å². The number of hydrogen-bond acceptors (Lipinski definition) is 6. The number of fused-ring (bicyclic) bond motifs is 6. The minimum Gasteiger partial charge on any atom is -0.497 e. The number of carbonyl (C=O) groups excluding carboxylic acids is 3. The standard InChI is InChI=1S/C36H40N4O6/c1-21-13-22(2)33-29(14-21)23(3)34(39-33)36(43)40-12-10-31-30(19-40)38-32(41)9-6-11-37-35(42)25-16-27(44-4)18-28(17-25)46-26-8-5-7-24(15-26)20-45-31/h5,7-8,13-18,30-31,39H,6,9-12,19-20H2,1-4H3,(H,37,42)(H,38,41)/t30-,31-/m0/s1. The fourth-order valence-corrected chi connectivity index (χ4v) is 6.36. The van der Waals surface area contributed by atoms with Gasteiger partial charge in [-0.05, 0) is 80.6 Å². The summed E-state index contributed by atoms with van der Waals surface area (Å²) in [6.07, 6.45) is 0.924. The average molecular weight is 625 g/mol. The van der Waals surface area contributed by atoms with Crippen LogP contribution in [0.4, 0.5) is 0 Å². The minimum absolute atomic E-state index is 0.0923. The Labute approximate surface area is 268 Å². The van der Waals surface area contributed by atoms with Gasteiger partial charge in [-0.1, -0.05) is 23.8 Å². The molecular weight excluding hydrogens is 584 g/mol. The van der Waals surface area contributed by atoms with Crippen LogP contribution in [0.2, 0.25) is 0 Å². The molecular formula is C36H40N4O6. The predicted molar refractivity (Wildman–Crippen MR) is 175 cm³/mol. The number of aryl methyl sites for hydroxylation is 3. The monoisotopic (exact) mass is 624 g/mol. The molecule has 3 N–H and O–H groups in total. The summed E-state index contributed by atoms with van der Waals surface area (Å²) in [6, 6.07) is 16.4. The van der Waals surface area contributed by atoms with Crippen LogP contribution in [0.25, 0.3) is 10.9 Å². The summed E-state index contributed by atoms with van der Waals surface area (Å²) in [7, 11) is 1.54. The lowest BCUT2D eigenvalue weighted by molar-refractivity contribution is -0.124. The van der Waals surface area contributed by atoms with E-state index in [1.54, 1.807) is 23.1 Å². The highest BCUT2D eigenvalue weighted by Gasteiger charge is 2.34. The van der Waals surface area contributed by atoms with Gasteiger partial charge in [0.1, 0.15) is 22.9 Å². The van der Waals surface area contributed by atoms with Gasteiger partial charge in [0.25, 0.3) is 11.8 Å². The molecule has 10 nitrogen and oxygen atoms in total. The molecule has 2 atom stereocenters. The summed E-state index contributed by atoms with van der Waals surface area (Å²) in [5, 5.41) is 7.06. The Balaban J connectivity index is 1.23. The zero-order valence-electron chi connectivity index (χ0n) is 26.7. The number of piperidine rings is 1. The Morgan fingerprint density at radius 3 is 2.70 bits per heavy atom.